The van der Waals surface area contributed by atoms with Gasteiger partial charge in [0.15, 0.2) is 0 Å². The Morgan fingerprint density at radius 2 is 2.11 bits per heavy atom. The summed E-state index contributed by atoms with van der Waals surface area (Å²) in [7, 11) is 1.93. The van der Waals surface area contributed by atoms with Crippen molar-refractivity contribution in [1.82, 2.24) is 20.4 Å². The largest absolute Gasteiger partial charge is 0.354 e. The molecule has 1 unspecified atom stereocenters. The summed E-state index contributed by atoms with van der Waals surface area (Å²) in [5.41, 5.74) is 2.18. The molecular weight excluding hydrogens is 240 g/mol. The molecule has 1 aromatic heterocycles. The number of nitrogens with zero attached hydrogens (tertiary/aromatic N) is 2. The molecule has 0 aliphatic carbocycles. The van der Waals surface area contributed by atoms with Crippen molar-refractivity contribution in [2.45, 2.75) is 46.7 Å². The smallest absolute Gasteiger partial charge is 0.236 e. The second-order valence-electron chi connectivity index (χ2n) is 5.35. The van der Waals surface area contributed by atoms with E-state index in [0.29, 0.717) is 12.5 Å². The molecule has 0 radical (unpaired) electrons. The highest BCUT2D eigenvalue weighted by atomic mass is 16.2. The Bertz CT molecular complexity index is 412. The van der Waals surface area contributed by atoms with Crippen LogP contribution in [0.1, 0.15) is 39.1 Å². The zero-order valence-corrected chi connectivity index (χ0v) is 12.7. The van der Waals surface area contributed by atoms with Crippen molar-refractivity contribution in [2.24, 2.45) is 13.0 Å². The molecule has 0 spiro atoms. The quantitative estimate of drug-likeness (QED) is 0.780. The lowest BCUT2D eigenvalue weighted by molar-refractivity contribution is -0.122. The lowest BCUT2D eigenvalue weighted by atomic mass is 10.2. The van der Waals surface area contributed by atoms with Crippen LogP contribution in [0.3, 0.4) is 0 Å². The van der Waals surface area contributed by atoms with Crippen molar-refractivity contribution in [3.8, 4) is 0 Å². The summed E-state index contributed by atoms with van der Waals surface area (Å²) in [6.45, 7) is 9.51. The molecule has 5 nitrogen and oxygen atoms in total. The third-order valence-corrected chi connectivity index (χ3v) is 3.06. The number of aryl methyl sites for hydroxylation is 2. The number of carbonyl (C=O) groups is 1. The first kappa shape index (κ1) is 15.7. The number of amides is 1. The number of nitrogens with one attached hydrogen (secondary N) is 2. The van der Waals surface area contributed by atoms with Gasteiger partial charge in [0.25, 0.3) is 0 Å². The minimum absolute atomic E-state index is 0.0478. The van der Waals surface area contributed by atoms with Crippen LogP contribution < -0.4 is 10.6 Å². The molecule has 1 aromatic rings. The molecule has 0 fully saturated rings. The minimum atomic E-state index is -0.196. The van der Waals surface area contributed by atoms with E-state index in [0.717, 1.165) is 24.4 Å². The summed E-state index contributed by atoms with van der Waals surface area (Å²) in [6.07, 6.45) is 0.929. The van der Waals surface area contributed by atoms with Crippen LogP contribution in [0.4, 0.5) is 0 Å². The molecule has 1 heterocycles. The molecule has 1 atom stereocenters. The highest BCUT2D eigenvalue weighted by Gasteiger charge is 2.13. The van der Waals surface area contributed by atoms with E-state index in [1.165, 1.54) is 0 Å². The molecule has 0 bridgehead atoms. The van der Waals surface area contributed by atoms with Gasteiger partial charge in [-0.25, -0.2) is 0 Å². The van der Waals surface area contributed by atoms with Gasteiger partial charge in [0.1, 0.15) is 0 Å². The molecule has 5 heteroatoms. The van der Waals surface area contributed by atoms with E-state index in [4.69, 9.17) is 0 Å². The van der Waals surface area contributed by atoms with E-state index in [9.17, 15) is 4.79 Å². The monoisotopic (exact) mass is 266 g/mol. The van der Waals surface area contributed by atoms with Crippen LogP contribution in [0.5, 0.6) is 0 Å². The summed E-state index contributed by atoms with van der Waals surface area (Å²) in [6, 6.07) is 1.88. The first-order valence-electron chi connectivity index (χ1n) is 6.96. The third-order valence-electron chi connectivity index (χ3n) is 3.06. The van der Waals surface area contributed by atoms with Crippen molar-refractivity contribution in [2.75, 3.05) is 6.54 Å². The van der Waals surface area contributed by atoms with Crippen LogP contribution in [-0.4, -0.2) is 28.3 Å². The Labute approximate surface area is 115 Å². The number of carbonyl (C=O) groups excluding carboxylic acids is 1. The maximum absolute atomic E-state index is 11.8. The van der Waals surface area contributed by atoms with E-state index in [-0.39, 0.29) is 11.9 Å². The predicted octanol–water partition coefficient (Wildman–Crippen LogP) is 1.23. The molecule has 0 saturated heterocycles. The van der Waals surface area contributed by atoms with E-state index >= 15 is 0 Å². The van der Waals surface area contributed by atoms with Crippen LogP contribution in [0.15, 0.2) is 6.07 Å². The van der Waals surface area contributed by atoms with E-state index in [1.807, 2.05) is 18.7 Å². The normalized spacial score (nSPS) is 12.7. The summed E-state index contributed by atoms with van der Waals surface area (Å²) in [5, 5.41) is 10.5. The van der Waals surface area contributed by atoms with Crippen LogP contribution in [-0.2, 0) is 24.8 Å². The number of hydrogen-bond donors (Lipinski definition) is 2. The second-order valence-corrected chi connectivity index (χ2v) is 5.35. The van der Waals surface area contributed by atoms with E-state index in [2.05, 4.69) is 42.6 Å². The lowest BCUT2D eigenvalue weighted by Gasteiger charge is -2.15. The van der Waals surface area contributed by atoms with Gasteiger partial charge in [-0.3, -0.25) is 9.48 Å². The summed E-state index contributed by atoms with van der Waals surface area (Å²) < 4.78 is 1.87. The third kappa shape index (κ3) is 5.03. The van der Waals surface area contributed by atoms with Gasteiger partial charge in [-0.1, -0.05) is 20.8 Å². The maximum atomic E-state index is 11.8. The van der Waals surface area contributed by atoms with E-state index in [1.54, 1.807) is 0 Å². The first-order valence-corrected chi connectivity index (χ1v) is 6.96. The van der Waals surface area contributed by atoms with Crippen molar-refractivity contribution in [3.05, 3.63) is 17.5 Å². The number of rotatable bonds is 7. The molecule has 1 rings (SSSR count). The molecule has 0 saturated carbocycles. The van der Waals surface area contributed by atoms with Crippen molar-refractivity contribution in [1.29, 1.82) is 0 Å². The molecule has 2 N–H and O–H groups in total. The second kappa shape index (κ2) is 7.28. The SMILES string of the molecule is CCc1cc(CNC(C)C(=O)NCC(C)C)n(C)n1. The standard InChI is InChI=1S/C14H26N4O/c1-6-12-7-13(18(5)17-12)9-15-11(4)14(19)16-8-10(2)3/h7,10-11,15H,6,8-9H2,1-5H3,(H,16,19). The van der Waals surface area contributed by atoms with Gasteiger partial charge in [0.2, 0.25) is 5.91 Å². The van der Waals surface area contributed by atoms with Crippen LogP contribution in [0.2, 0.25) is 0 Å². The van der Waals surface area contributed by atoms with Gasteiger partial charge in [-0.15, -0.1) is 0 Å². The van der Waals surface area contributed by atoms with Gasteiger partial charge in [-0.2, -0.15) is 5.10 Å². The zero-order chi connectivity index (χ0) is 14.4. The molecule has 0 aliphatic heterocycles. The fourth-order valence-corrected chi connectivity index (χ4v) is 1.72. The molecular formula is C14H26N4O. The molecule has 108 valence electrons. The molecule has 0 aromatic carbocycles. The van der Waals surface area contributed by atoms with Crippen molar-refractivity contribution >= 4 is 5.91 Å². The summed E-state index contributed by atoms with van der Waals surface area (Å²) in [4.78, 5) is 11.8. The van der Waals surface area contributed by atoms with Gasteiger partial charge in [0.05, 0.1) is 17.4 Å². The van der Waals surface area contributed by atoms with Crippen LogP contribution in [0.25, 0.3) is 0 Å². The predicted molar refractivity (Wildman–Crippen MR) is 76.7 cm³/mol. The zero-order valence-electron chi connectivity index (χ0n) is 12.7. The Morgan fingerprint density at radius 1 is 1.42 bits per heavy atom. The maximum Gasteiger partial charge on any atom is 0.236 e. The van der Waals surface area contributed by atoms with Crippen LogP contribution in [0, 0.1) is 5.92 Å². The van der Waals surface area contributed by atoms with Crippen molar-refractivity contribution < 1.29 is 4.79 Å². The number of hydrogen-bond acceptors (Lipinski definition) is 3. The average molecular weight is 266 g/mol. The Morgan fingerprint density at radius 3 is 2.63 bits per heavy atom. The van der Waals surface area contributed by atoms with E-state index < -0.39 is 0 Å². The lowest BCUT2D eigenvalue weighted by Crippen LogP contribution is -2.43. The Balaban J connectivity index is 2.42. The van der Waals surface area contributed by atoms with Gasteiger partial charge < -0.3 is 10.6 Å². The molecule has 1 amide bonds. The van der Waals surface area contributed by atoms with Crippen molar-refractivity contribution in [3.63, 3.8) is 0 Å². The fraction of sp³-hybridized carbons (Fsp3) is 0.714. The summed E-state index contributed by atoms with van der Waals surface area (Å²) >= 11 is 0. The minimum Gasteiger partial charge on any atom is -0.354 e. The highest BCUT2D eigenvalue weighted by molar-refractivity contribution is 5.81. The first-order chi connectivity index (χ1) is 8.93. The Hall–Kier alpha value is -1.36. The summed E-state index contributed by atoms with van der Waals surface area (Å²) in [5.74, 6) is 0.520. The Kier molecular flexibility index (Phi) is 6.02. The van der Waals surface area contributed by atoms with Crippen LogP contribution >= 0.6 is 0 Å². The topological polar surface area (TPSA) is 59.0 Å². The average Bonchev–Trinajstić information content (AvgIpc) is 2.73. The van der Waals surface area contributed by atoms with Gasteiger partial charge in [-0.05, 0) is 25.3 Å². The molecule has 19 heavy (non-hydrogen) atoms. The number of aromatic nitrogens is 2. The highest BCUT2D eigenvalue weighted by Crippen LogP contribution is 2.03. The van der Waals surface area contributed by atoms with Gasteiger partial charge in [0, 0.05) is 20.1 Å². The fourth-order valence-electron chi connectivity index (χ4n) is 1.72. The van der Waals surface area contributed by atoms with Gasteiger partial charge >= 0.3 is 0 Å². The molecule has 0 aliphatic rings.